The lowest BCUT2D eigenvalue weighted by atomic mass is 9.99. The van der Waals surface area contributed by atoms with Gasteiger partial charge in [0.05, 0.1) is 5.56 Å². The maximum absolute atomic E-state index is 13.0. The number of carbonyl (C=O) groups excluding carboxylic acids is 2. The van der Waals surface area contributed by atoms with Crippen LogP contribution >= 0.6 is 24.8 Å². The van der Waals surface area contributed by atoms with E-state index in [1.807, 2.05) is 11.0 Å². The summed E-state index contributed by atoms with van der Waals surface area (Å²) in [6.45, 7) is 2.55. The first-order valence-corrected chi connectivity index (χ1v) is 12.8. The molecule has 1 aliphatic carbocycles. The smallest absolute Gasteiger partial charge is 0.270 e. The molecule has 3 aromatic heterocycles. The van der Waals surface area contributed by atoms with E-state index in [1.165, 1.54) is 0 Å². The predicted molar refractivity (Wildman–Crippen MR) is 151 cm³/mol. The summed E-state index contributed by atoms with van der Waals surface area (Å²) in [6.07, 6.45) is 8.90. The van der Waals surface area contributed by atoms with Gasteiger partial charge in [0.25, 0.3) is 11.8 Å². The van der Waals surface area contributed by atoms with Crippen LogP contribution in [0.1, 0.15) is 59.0 Å². The maximum Gasteiger partial charge on any atom is 0.270 e. The first kappa shape index (κ1) is 28.1. The largest absolute Gasteiger partial charge is 0.343 e. The van der Waals surface area contributed by atoms with Crippen molar-refractivity contribution in [2.24, 2.45) is 5.92 Å². The number of likely N-dealkylation sites (tertiary alicyclic amines) is 1. The first-order chi connectivity index (χ1) is 17.5. The highest BCUT2D eigenvalue weighted by Crippen LogP contribution is 2.35. The van der Waals surface area contributed by atoms with Gasteiger partial charge in [-0.1, -0.05) is 12.8 Å². The van der Waals surface area contributed by atoms with Crippen LogP contribution in [0, 0.1) is 5.92 Å². The highest BCUT2D eigenvalue weighted by atomic mass is 35.5. The minimum absolute atomic E-state index is 0. The molecule has 38 heavy (non-hydrogen) atoms. The number of hydrogen-bond donors (Lipinski definition) is 2. The van der Waals surface area contributed by atoms with Gasteiger partial charge in [-0.25, -0.2) is 9.97 Å². The summed E-state index contributed by atoms with van der Waals surface area (Å²) in [7, 11) is 3.54. The van der Waals surface area contributed by atoms with Gasteiger partial charge in [-0.3, -0.25) is 9.59 Å². The Morgan fingerprint density at radius 3 is 2.55 bits per heavy atom. The molecule has 2 amide bonds. The molecule has 0 spiro atoms. The Balaban J connectivity index is 0.00000168. The Hall–Kier alpha value is -2.95. The third-order valence-electron chi connectivity index (χ3n) is 7.66. The van der Waals surface area contributed by atoms with Crippen molar-refractivity contribution in [2.75, 3.05) is 39.0 Å². The monoisotopic (exact) mass is 560 g/mol. The molecule has 2 saturated heterocycles. The maximum atomic E-state index is 13.0. The van der Waals surface area contributed by atoms with E-state index in [0.717, 1.165) is 62.8 Å². The van der Waals surface area contributed by atoms with Gasteiger partial charge in [0.2, 0.25) is 5.95 Å². The number of amides is 2. The van der Waals surface area contributed by atoms with Crippen molar-refractivity contribution in [1.82, 2.24) is 34.6 Å². The van der Waals surface area contributed by atoms with E-state index >= 15 is 0 Å². The topological polar surface area (TPSA) is 108 Å². The van der Waals surface area contributed by atoms with Crippen LogP contribution in [0.25, 0.3) is 11.0 Å². The van der Waals surface area contributed by atoms with Crippen LogP contribution in [0.2, 0.25) is 0 Å². The molecule has 3 aliphatic rings. The van der Waals surface area contributed by atoms with Crippen molar-refractivity contribution in [3.05, 3.63) is 41.9 Å². The zero-order chi connectivity index (χ0) is 24.8. The van der Waals surface area contributed by atoms with E-state index in [9.17, 15) is 9.59 Å². The van der Waals surface area contributed by atoms with Gasteiger partial charge in [-0.15, -0.1) is 24.8 Å². The van der Waals surface area contributed by atoms with E-state index < -0.39 is 0 Å². The second-order valence-electron chi connectivity index (χ2n) is 10.5. The summed E-state index contributed by atoms with van der Waals surface area (Å²) in [4.78, 5) is 43.1. The average molecular weight is 562 g/mol. The Morgan fingerprint density at radius 1 is 1.08 bits per heavy atom. The van der Waals surface area contributed by atoms with Gasteiger partial charge >= 0.3 is 0 Å². The quantitative estimate of drug-likeness (QED) is 0.490. The number of hydrogen-bond acceptors (Lipinski definition) is 7. The summed E-state index contributed by atoms with van der Waals surface area (Å²) in [5.74, 6) is 1.51. The Kier molecular flexibility index (Phi) is 8.44. The van der Waals surface area contributed by atoms with E-state index in [1.54, 1.807) is 43.5 Å². The lowest BCUT2D eigenvalue weighted by molar-refractivity contribution is 0.0691. The molecule has 6 rings (SSSR count). The van der Waals surface area contributed by atoms with E-state index in [4.69, 9.17) is 4.98 Å². The number of halogens is 2. The number of rotatable bonds is 5. The Labute approximate surface area is 234 Å². The molecule has 1 saturated carbocycles. The lowest BCUT2D eigenvalue weighted by Crippen LogP contribution is -2.44. The van der Waals surface area contributed by atoms with E-state index in [-0.39, 0.29) is 42.7 Å². The van der Waals surface area contributed by atoms with E-state index in [0.29, 0.717) is 35.0 Å². The fourth-order valence-electron chi connectivity index (χ4n) is 5.88. The number of nitrogens with zero attached hydrogens (tertiary/aromatic N) is 6. The molecule has 2 aliphatic heterocycles. The molecule has 2 N–H and O–H groups in total. The Morgan fingerprint density at radius 2 is 1.87 bits per heavy atom. The number of carbonyl (C=O) groups is 2. The normalized spacial score (nSPS) is 20.6. The lowest BCUT2D eigenvalue weighted by Gasteiger charge is -2.31. The number of pyridine rings is 1. The highest BCUT2D eigenvalue weighted by Gasteiger charge is 2.35. The zero-order valence-electron chi connectivity index (χ0n) is 21.6. The molecular weight excluding hydrogens is 527 g/mol. The van der Waals surface area contributed by atoms with Crippen LogP contribution in [0.15, 0.2) is 30.6 Å². The third-order valence-corrected chi connectivity index (χ3v) is 7.66. The van der Waals surface area contributed by atoms with Crippen molar-refractivity contribution in [3.63, 3.8) is 0 Å². The SMILES string of the molecule is CN(C)C(=O)c1cc2cnc(Nc3ccc(C(=O)N4CC5CNC(C5)C4)cn3)nc2n1C1CCCC1.Cl.Cl. The molecule has 204 valence electrons. The molecule has 0 radical (unpaired) electrons. The third kappa shape index (κ3) is 5.30. The molecule has 2 unspecified atom stereocenters. The molecule has 10 nitrogen and oxygen atoms in total. The number of aromatic nitrogens is 4. The Bertz CT molecular complexity index is 1290. The minimum Gasteiger partial charge on any atom is -0.343 e. The number of piperidine rings is 1. The molecular formula is C26H34Cl2N8O2. The van der Waals surface area contributed by atoms with Crippen LogP contribution in [-0.4, -0.2) is 80.9 Å². The van der Waals surface area contributed by atoms with Crippen molar-refractivity contribution in [2.45, 2.75) is 44.2 Å². The second-order valence-corrected chi connectivity index (χ2v) is 10.5. The predicted octanol–water partition coefficient (Wildman–Crippen LogP) is 3.66. The number of nitrogens with one attached hydrogen (secondary N) is 2. The van der Waals surface area contributed by atoms with Crippen molar-refractivity contribution < 1.29 is 9.59 Å². The van der Waals surface area contributed by atoms with Gasteiger partial charge in [-0.2, -0.15) is 4.98 Å². The summed E-state index contributed by atoms with van der Waals surface area (Å²) >= 11 is 0. The molecule has 0 aromatic carbocycles. The molecule has 2 bridgehead atoms. The van der Waals surface area contributed by atoms with Gasteiger partial charge in [-0.05, 0) is 43.4 Å². The van der Waals surface area contributed by atoms with Gasteiger partial charge in [0.1, 0.15) is 17.2 Å². The number of fused-ring (bicyclic) bond motifs is 3. The standard InChI is InChI=1S/C26H32N8O2.2ClH/c1-32(2)25(36)21-10-18-13-29-26(31-23(18)34(21)20-5-3-4-6-20)30-22-8-7-17(12-28-22)24(35)33-14-16-9-19(15-33)27-11-16;;/h7-8,10,12-13,16,19-20,27H,3-6,9,11,14-15H2,1-2H3,(H,28,29,30,31);2*1H. The summed E-state index contributed by atoms with van der Waals surface area (Å²) < 4.78 is 2.09. The van der Waals surface area contributed by atoms with Crippen molar-refractivity contribution in [1.29, 1.82) is 0 Å². The molecule has 12 heteroatoms. The first-order valence-electron chi connectivity index (χ1n) is 12.8. The summed E-state index contributed by atoms with van der Waals surface area (Å²) in [6, 6.07) is 6.14. The molecule has 3 aromatic rings. The van der Waals surface area contributed by atoms with Crippen LogP contribution in [0.5, 0.6) is 0 Å². The second kappa shape index (κ2) is 11.4. The molecule has 3 fully saturated rings. The number of anilines is 2. The van der Waals surface area contributed by atoms with Crippen LogP contribution in [-0.2, 0) is 0 Å². The van der Waals surface area contributed by atoms with Crippen LogP contribution < -0.4 is 10.6 Å². The molecule has 5 heterocycles. The minimum atomic E-state index is -0.0335. The van der Waals surface area contributed by atoms with Crippen LogP contribution in [0.4, 0.5) is 11.8 Å². The van der Waals surface area contributed by atoms with Crippen molar-refractivity contribution in [3.8, 4) is 0 Å². The summed E-state index contributed by atoms with van der Waals surface area (Å²) in [5.41, 5.74) is 1.99. The highest BCUT2D eigenvalue weighted by molar-refractivity contribution is 5.98. The van der Waals surface area contributed by atoms with Crippen LogP contribution in [0.3, 0.4) is 0 Å². The fraction of sp³-hybridized carbons (Fsp3) is 0.500. The van der Waals surface area contributed by atoms with Gasteiger partial charge < -0.3 is 25.0 Å². The van der Waals surface area contributed by atoms with Crippen molar-refractivity contribution >= 4 is 59.4 Å². The average Bonchev–Trinajstić information content (AvgIpc) is 3.61. The molecule has 2 atom stereocenters. The summed E-state index contributed by atoms with van der Waals surface area (Å²) in [5, 5.41) is 7.49. The van der Waals surface area contributed by atoms with Gasteiger partial charge in [0.15, 0.2) is 0 Å². The van der Waals surface area contributed by atoms with E-state index in [2.05, 4.69) is 25.2 Å². The van der Waals surface area contributed by atoms with Gasteiger partial charge in [0, 0.05) is 63.6 Å². The fourth-order valence-corrected chi connectivity index (χ4v) is 5.88. The zero-order valence-corrected chi connectivity index (χ0v) is 23.2.